The van der Waals surface area contributed by atoms with E-state index in [9.17, 15) is 0 Å². The van der Waals surface area contributed by atoms with Crippen molar-refractivity contribution in [3.05, 3.63) is 60.8 Å². The number of fused-ring (bicyclic) bond motifs is 1. The molecule has 0 fully saturated rings. The molecule has 0 aliphatic carbocycles. The maximum atomic E-state index is 4.57. The van der Waals surface area contributed by atoms with E-state index in [0.29, 0.717) is 12.6 Å². The molecule has 1 N–H and O–H groups in total. The zero-order valence-corrected chi connectivity index (χ0v) is 14.2. The lowest BCUT2D eigenvalue weighted by Gasteiger charge is -2.11. The van der Waals surface area contributed by atoms with E-state index in [1.807, 2.05) is 41.5 Å². The number of rotatable bonds is 5. The first-order valence-electron chi connectivity index (χ1n) is 8.23. The summed E-state index contributed by atoms with van der Waals surface area (Å²) >= 11 is 0. The molecule has 0 spiro atoms. The fourth-order valence-electron chi connectivity index (χ4n) is 2.77. The van der Waals surface area contributed by atoms with E-state index in [1.165, 1.54) is 0 Å². The van der Waals surface area contributed by atoms with Gasteiger partial charge in [-0.25, -0.2) is 19.3 Å². The smallest absolute Gasteiger partial charge is 0.176 e. The van der Waals surface area contributed by atoms with Gasteiger partial charge in [0.05, 0.1) is 11.9 Å². The summed E-state index contributed by atoms with van der Waals surface area (Å²) in [5, 5.41) is 13.1. The molecule has 0 saturated heterocycles. The Hall–Kier alpha value is -3.22. The summed E-state index contributed by atoms with van der Waals surface area (Å²) in [4.78, 5) is 8.99. The SMILES string of the molecule is CC(C)n1ncc2cc(CNc3cccnc3-n3cccn3)cnc21. The second-order valence-electron chi connectivity index (χ2n) is 6.12. The Kier molecular flexibility index (Phi) is 3.89. The molecule has 0 aliphatic rings. The van der Waals surface area contributed by atoms with Crippen LogP contribution >= 0.6 is 0 Å². The Labute approximate surface area is 145 Å². The van der Waals surface area contributed by atoms with Crippen molar-refractivity contribution < 1.29 is 0 Å². The Morgan fingerprint density at radius 3 is 2.80 bits per heavy atom. The Morgan fingerprint density at radius 1 is 1.08 bits per heavy atom. The summed E-state index contributed by atoms with van der Waals surface area (Å²) in [7, 11) is 0. The van der Waals surface area contributed by atoms with Crippen LogP contribution in [-0.2, 0) is 6.54 Å². The average Bonchev–Trinajstić information content (AvgIpc) is 3.29. The van der Waals surface area contributed by atoms with Gasteiger partial charge in [0.1, 0.15) is 0 Å². The van der Waals surface area contributed by atoms with Gasteiger partial charge in [0.2, 0.25) is 0 Å². The first-order valence-corrected chi connectivity index (χ1v) is 8.23. The number of aromatic nitrogens is 6. The number of hydrogen-bond donors (Lipinski definition) is 1. The molecule has 0 aliphatic heterocycles. The van der Waals surface area contributed by atoms with E-state index >= 15 is 0 Å². The van der Waals surface area contributed by atoms with Gasteiger partial charge in [0.25, 0.3) is 0 Å². The van der Waals surface area contributed by atoms with Gasteiger partial charge in [-0.3, -0.25) is 0 Å². The first-order chi connectivity index (χ1) is 12.2. The molecule has 7 nitrogen and oxygen atoms in total. The molecule has 0 saturated carbocycles. The predicted octanol–water partition coefficient (Wildman–Crippen LogP) is 3.21. The summed E-state index contributed by atoms with van der Waals surface area (Å²) < 4.78 is 3.68. The van der Waals surface area contributed by atoms with E-state index in [0.717, 1.165) is 28.1 Å². The Bertz CT molecular complexity index is 986. The fourth-order valence-corrected chi connectivity index (χ4v) is 2.77. The van der Waals surface area contributed by atoms with Crippen LogP contribution in [-0.4, -0.2) is 29.5 Å². The molecular formula is C18H19N7. The van der Waals surface area contributed by atoms with Crippen molar-refractivity contribution in [3.8, 4) is 5.82 Å². The standard InChI is InChI=1S/C18H19N7/c1-13(2)25-17-15(12-23-25)9-14(11-21-17)10-20-16-5-3-6-19-18(16)24-8-4-7-22-24/h3-9,11-13,20H,10H2,1-2H3. The minimum atomic E-state index is 0.293. The molecule has 0 unspecified atom stereocenters. The maximum Gasteiger partial charge on any atom is 0.176 e. The lowest BCUT2D eigenvalue weighted by molar-refractivity contribution is 0.546. The second-order valence-corrected chi connectivity index (χ2v) is 6.12. The third-order valence-corrected chi connectivity index (χ3v) is 3.97. The summed E-state index contributed by atoms with van der Waals surface area (Å²) in [6.45, 7) is 4.85. The molecule has 0 bridgehead atoms. The van der Waals surface area contributed by atoms with Crippen LogP contribution < -0.4 is 5.32 Å². The number of hydrogen-bond acceptors (Lipinski definition) is 5. The molecule has 25 heavy (non-hydrogen) atoms. The zero-order valence-electron chi connectivity index (χ0n) is 14.2. The number of anilines is 1. The van der Waals surface area contributed by atoms with Crippen molar-refractivity contribution >= 4 is 16.7 Å². The molecule has 4 aromatic heterocycles. The summed E-state index contributed by atoms with van der Waals surface area (Å²) in [6, 6.07) is 8.19. The highest BCUT2D eigenvalue weighted by molar-refractivity contribution is 5.75. The van der Waals surface area contributed by atoms with Crippen LogP contribution in [0.2, 0.25) is 0 Å². The zero-order chi connectivity index (χ0) is 17.2. The highest BCUT2D eigenvalue weighted by Crippen LogP contribution is 2.19. The first kappa shape index (κ1) is 15.3. The molecule has 126 valence electrons. The normalized spacial score (nSPS) is 11.3. The van der Waals surface area contributed by atoms with Gasteiger partial charge in [0.15, 0.2) is 11.5 Å². The Morgan fingerprint density at radius 2 is 2.00 bits per heavy atom. The number of pyridine rings is 2. The van der Waals surface area contributed by atoms with Gasteiger partial charge >= 0.3 is 0 Å². The van der Waals surface area contributed by atoms with Gasteiger partial charge in [-0.15, -0.1) is 0 Å². The van der Waals surface area contributed by atoms with E-state index in [4.69, 9.17) is 0 Å². The highest BCUT2D eigenvalue weighted by Gasteiger charge is 2.09. The largest absolute Gasteiger partial charge is 0.378 e. The molecule has 0 aromatic carbocycles. The maximum absolute atomic E-state index is 4.57. The van der Waals surface area contributed by atoms with Crippen LogP contribution in [0.1, 0.15) is 25.5 Å². The van der Waals surface area contributed by atoms with E-state index in [-0.39, 0.29) is 0 Å². The predicted molar refractivity (Wildman–Crippen MR) is 96.6 cm³/mol. The van der Waals surface area contributed by atoms with Crippen molar-refractivity contribution in [1.29, 1.82) is 0 Å². The quantitative estimate of drug-likeness (QED) is 0.607. The summed E-state index contributed by atoms with van der Waals surface area (Å²) in [6.07, 6.45) is 9.13. The second kappa shape index (κ2) is 6.35. The molecule has 4 aromatic rings. The molecule has 0 atom stereocenters. The highest BCUT2D eigenvalue weighted by atomic mass is 15.3. The lowest BCUT2D eigenvalue weighted by Crippen LogP contribution is -2.07. The lowest BCUT2D eigenvalue weighted by atomic mass is 10.2. The van der Waals surface area contributed by atoms with Gasteiger partial charge in [-0.05, 0) is 43.7 Å². The van der Waals surface area contributed by atoms with Crippen LogP contribution in [0.3, 0.4) is 0 Å². The van der Waals surface area contributed by atoms with E-state index < -0.39 is 0 Å². The molecule has 7 heteroatoms. The van der Waals surface area contributed by atoms with E-state index in [2.05, 4.69) is 45.4 Å². The number of nitrogens with zero attached hydrogens (tertiary/aromatic N) is 6. The van der Waals surface area contributed by atoms with Gasteiger partial charge in [-0.2, -0.15) is 10.2 Å². The van der Waals surface area contributed by atoms with Crippen LogP contribution in [0.15, 0.2) is 55.2 Å². The number of nitrogens with one attached hydrogen (secondary N) is 1. The third kappa shape index (κ3) is 2.96. The third-order valence-electron chi connectivity index (χ3n) is 3.97. The van der Waals surface area contributed by atoms with Gasteiger partial charge in [0, 0.05) is 42.8 Å². The van der Waals surface area contributed by atoms with Gasteiger partial charge < -0.3 is 5.32 Å². The van der Waals surface area contributed by atoms with Crippen molar-refractivity contribution in [2.24, 2.45) is 0 Å². The van der Waals surface area contributed by atoms with Crippen LogP contribution in [0, 0.1) is 0 Å². The average molecular weight is 333 g/mol. The van der Waals surface area contributed by atoms with Crippen molar-refractivity contribution in [2.45, 2.75) is 26.4 Å². The van der Waals surface area contributed by atoms with Crippen LogP contribution in [0.25, 0.3) is 16.9 Å². The van der Waals surface area contributed by atoms with Crippen LogP contribution in [0.5, 0.6) is 0 Å². The summed E-state index contributed by atoms with van der Waals surface area (Å²) in [5.74, 6) is 0.772. The van der Waals surface area contributed by atoms with Crippen molar-refractivity contribution in [3.63, 3.8) is 0 Å². The monoisotopic (exact) mass is 333 g/mol. The van der Waals surface area contributed by atoms with Crippen LogP contribution in [0.4, 0.5) is 5.69 Å². The minimum Gasteiger partial charge on any atom is -0.378 e. The Balaban J connectivity index is 1.57. The van der Waals surface area contributed by atoms with Gasteiger partial charge in [-0.1, -0.05) is 0 Å². The van der Waals surface area contributed by atoms with Crippen molar-refractivity contribution in [2.75, 3.05) is 5.32 Å². The summed E-state index contributed by atoms with van der Waals surface area (Å²) in [5.41, 5.74) is 2.92. The molecule has 0 amide bonds. The van der Waals surface area contributed by atoms with E-state index in [1.54, 1.807) is 17.1 Å². The molecule has 0 radical (unpaired) electrons. The fraction of sp³-hybridized carbons (Fsp3) is 0.222. The van der Waals surface area contributed by atoms with Crippen molar-refractivity contribution in [1.82, 2.24) is 29.5 Å². The minimum absolute atomic E-state index is 0.293. The molecular weight excluding hydrogens is 314 g/mol. The molecule has 4 rings (SSSR count). The molecule has 4 heterocycles. The topological polar surface area (TPSA) is 73.5 Å².